The molecule has 37 heavy (non-hydrogen) atoms. The minimum atomic E-state index is -6.06. The first-order valence-corrected chi connectivity index (χ1v) is 10.8. The van der Waals surface area contributed by atoms with Crippen molar-refractivity contribution in [2.24, 2.45) is 0 Å². The molecule has 0 aliphatic rings. The molecule has 5 nitrogen and oxygen atoms in total. The van der Waals surface area contributed by atoms with Gasteiger partial charge in [-0.3, -0.25) is 14.6 Å². The largest absolute Gasteiger partial charge is 0.439 e. The summed E-state index contributed by atoms with van der Waals surface area (Å²) in [5.74, 6) is -7.34. The van der Waals surface area contributed by atoms with Crippen LogP contribution in [0.5, 0.6) is 5.75 Å². The summed E-state index contributed by atoms with van der Waals surface area (Å²) in [6.45, 7) is 1.55. The van der Waals surface area contributed by atoms with Crippen LogP contribution in [-0.2, 0) is 0 Å². The number of amides is 3. The predicted octanol–water partition coefficient (Wildman–Crippen LogP) is 7.39. The van der Waals surface area contributed by atoms with E-state index in [1.165, 1.54) is 13.8 Å². The lowest BCUT2D eigenvalue weighted by molar-refractivity contribution is -0.304. The Bertz CT molecular complexity index is 1170. The van der Waals surface area contributed by atoms with Crippen LogP contribution in [0.1, 0.15) is 24.2 Å². The number of imide groups is 1. The van der Waals surface area contributed by atoms with Gasteiger partial charge in [-0.1, -0.05) is 29.3 Å². The lowest BCUT2D eigenvalue weighted by atomic mass is 10.1. The topological polar surface area (TPSA) is 49.9 Å². The molecule has 2 aromatic carbocycles. The van der Waals surface area contributed by atoms with Crippen LogP contribution in [-0.4, -0.2) is 48.4 Å². The Morgan fingerprint density at radius 2 is 1.54 bits per heavy atom. The number of nitrogens with zero attached hydrogens (tertiary/aromatic N) is 2. The van der Waals surface area contributed by atoms with Gasteiger partial charge in [-0.05, 0) is 32.0 Å². The first-order chi connectivity index (χ1) is 17.0. The summed E-state index contributed by atoms with van der Waals surface area (Å²) < 4.78 is 125. The predicted molar refractivity (Wildman–Crippen MR) is 114 cm³/mol. The number of halogens is 11. The summed E-state index contributed by atoms with van der Waals surface area (Å²) in [5.41, 5.74) is -1.97. The van der Waals surface area contributed by atoms with Crippen LogP contribution in [0.4, 0.5) is 50.0 Å². The molecule has 2 rings (SSSR count). The molecule has 0 spiro atoms. The smallest absolute Gasteiger partial charge is 0.427 e. The van der Waals surface area contributed by atoms with Gasteiger partial charge in [0.15, 0.2) is 11.6 Å². The molecule has 1 unspecified atom stereocenters. The molecule has 0 aliphatic carbocycles. The average Bonchev–Trinajstić information content (AvgIpc) is 2.79. The second-order valence-corrected chi connectivity index (χ2v) is 7.86. The summed E-state index contributed by atoms with van der Waals surface area (Å²) >= 11 is 11.3. The zero-order valence-corrected chi connectivity index (χ0v) is 20.1. The highest BCUT2D eigenvalue weighted by molar-refractivity contribution is 6.38. The maximum Gasteiger partial charge on any atom is 0.439 e. The minimum Gasteiger partial charge on any atom is -0.427 e. The fraction of sp³-hybridized carbons (Fsp3) is 0.333. The van der Waals surface area contributed by atoms with Gasteiger partial charge in [-0.2, -0.15) is 22.0 Å². The highest BCUT2D eigenvalue weighted by atomic mass is 35.5. The van der Waals surface area contributed by atoms with Gasteiger partial charge in [0, 0.05) is 13.1 Å². The number of hydrogen-bond acceptors (Lipinski definition) is 3. The maximum atomic E-state index is 15.0. The lowest BCUT2D eigenvalue weighted by Gasteiger charge is -2.29. The first kappa shape index (κ1) is 30.4. The molecule has 0 radical (unpaired) electrons. The van der Waals surface area contributed by atoms with Crippen molar-refractivity contribution >= 4 is 40.8 Å². The Kier molecular flexibility index (Phi) is 9.23. The molecule has 0 heterocycles. The number of rotatable bonds is 7. The molecular formula is C21H15Cl2F9N2O3. The SMILES string of the molecule is CCN(C(=O)c1c(F)cccc1F)C(=O)N(CC)c1cc(Cl)c(OC(F)(F)C(F)C(F)(F)F)c(Cl)c1F. The van der Waals surface area contributed by atoms with Gasteiger partial charge in [-0.25, -0.2) is 22.4 Å². The summed E-state index contributed by atoms with van der Waals surface area (Å²) in [5, 5.41) is -2.51. The fourth-order valence-corrected chi connectivity index (χ4v) is 3.51. The van der Waals surface area contributed by atoms with Crippen molar-refractivity contribution in [3.05, 3.63) is 57.3 Å². The number of carbonyl (C=O) groups is 2. The van der Waals surface area contributed by atoms with Gasteiger partial charge in [0.05, 0.1) is 10.7 Å². The van der Waals surface area contributed by atoms with Crippen LogP contribution in [0, 0.1) is 17.5 Å². The molecule has 0 N–H and O–H groups in total. The third-order valence-electron chi connectivity index (χ3n) is 4.72. The van der Waals surface area contributed by atoms with Crippen LogP contribution in [0.3, 0.4) is 0 Å². The van der Waals surface area contributed by atoms with E-state index in [-0.39, 0.29) is 0 Å². The molecule has 0 bridgehead atoms. The van der Waals surface area contributed by atoms with Gasteiger partial charge < -0.3 is 4.74 Å². The van der Waals surface area contributed by atoms with E-state index in [4.69, 9.17) is 23.2 Å². The monoisotopic (exact) mass is 584 g/mol. The van der Waals surface area contributed by atoms with Crippen molar-refractivity contribution in [3.8, 4) is 5.75 Å². The Balaban J connectivity index is 2.50. The number of alkyl halides is 6. The molecule has 0 aliphatic heterocycles. The van der Waals surface area contributed by atoms with E-state index < -0.39 is 88.0 Å². The lowest BCUT2D eigenvalue weighted by Crippen LogP contribution is -2.47. The van der Waals surface area contributed by atoms with Gasteiger partial charge in [0.25, 0.3) is 12.1 Å². The Hall–Kier alpha value is -2.87. The molecule has 2 aromatic rings. The third-order valence-corrected chi connectivity index (χ3v) is 5.34. The minimum absolute atomic E-state index is 0.321. The standard InChI is InChI=1S/C21H15Cl2F9N2O3/c1-3-33(19(36)34(4-2)17(35)13-10(24)6-5-7-11(13)25)12-8-9(22)16(14(23)15(12)26)37-21(31,32)18(27)20(28,29)30/h5-8,18H,3-4H2,1-2H3. The fourth-order valence-electron chi connectivity index (χ4n) is 2.99. The number of carbonyl (C=O) groups excluding carboxylic acids is 2. The van der Waals surface area contributed by atoms with E-state index in [9.17, 15) is 44.7 Å². The van der Waals surface area contributed by atoms with Crippen molar-refractivity contribution < 1.29 is 53.8 Å². The average molecular weight is 585 g/mol. The molecule has 0 saturated heterocycles. The Morgan fingerprint density at radius 3 is 2.00 bits per heavy atom. The van der Waals surface area contributed by atoms with Crippen LogP contribution >= 0.6 is 23.2 Å². The Morgan fingerprint density at radius 1 is 1.00 bits per heavy atom. The van der Waals surface area contributed by atoms with Crippen molar-refractivity contribution in [1.29, 1.82) is 0 Å². The van der Waals surface area contributed by atoms with Gasteiger partial charge in [-0.15, -0.1) is 0 Å². The van der Waals surface area contributed by atoms with E-state index in [0.29, 0.717) is 15.9 Å². The zero-order chi connectivity index (χ0) is 28.5. The second-order valence-electron chi connectivity index (χ2n) is 7.08. The normalized spacial score (nSPS) is 12.8. The molecule has 0 aromatic heterocycles. The number of ether oxygens (including phenoxy) is 1. The van der Waals surface area contributed by atoms with Crippen molar-refractivity contribution in [2.75, 3.05) is 18.0 Å². The van der Waals surface area contributed by atoms with E-state index >= 15 is 4.39 Å². The van der Waals surface area contributed by atoms with E-state index in [0.717, 1.165) is 18.2 Å². The quantitative estimate of drug-likeness (QED) is 0.252. The third kappa shape index (κ3) is 6.17. The highest BCUT2D eigenvalue weighted by Crippen LogP contribution is 2.45. The number of benzene rings is 2. The van der Waals surface area contributed by atoms with E-state index in [1.807, 2.05) is 0 Å². The van der Waals surface area contributed by atoms with E-state index in [2.05, 4.69) is 4.74 Å². The highest BCUT2D eigenvalue weighted by Gasteiger charge is 2.59. The van der Waals surface area contributed by atoms with E-state index in [1.54, 1.807) is 0 Å². The number of urea groups is 1. The molecule has 204 valence electrons. The summed E-state index contributed by atoms with van der Waals surface area (Å²) in [4.78, 5) is 26.5. The van der Waals surface area contributed by atoms with Crippen LogP contribution < -0.4 is 9.64 Å². The summed E-state index contributed by atoms with van der Waals surface area (Å²) in [6.07, 6.45) is -16.5. The summed E-state index contributed by atoms with van der Waals surface area (Å²) in [7, 11) is 0. The van der Waals surface area contributed by atoms with Crippen LogP contribution in [0.2, 0.25) is 10.0 Å². The van der Waals surface area contributed by atoms with Crippen molar-refractivity contribution in [3.63, 3.8) is 0 Å². The molecule has 1 atom stereocenters. The first-order valence-electron chi connectivity index (χ1n) is 10.0. The van der Waals surface area contributed by atoms with Crippen molar-refractivity contribution in [2.45, 2.75) is 32.3 Å². The zero-order valence-electron chi connectivity index (χ0n) is 18.6. The van der Waals surface area contributed by atoms with Gasteiger partial charge in [0.1, 0.15) is 22.2 Å². The van der Waals surface area contributed by atoms with Gasteiger partial charge >= 0.3 is 18.3 Å². The maximum absolute atomic E-state index is 15.0. The van der Waals surface area contributed by atoms with Crippen LogP contribution in [0.15, 0.2) is 24.3 Å². The number of anilines is 1. The number of hydrogen-bond donors (Lipinski definition) is 0. The second kappa shape index (κ2) is 11.3. The molecule has 16 heteroatoms. The summed E-state index contributed by atoms with van der Waals surface area (Å²) in [6, 6.07) is 1.55. The van der Waals surface area contributed by atoms with Crippen molar-refractivity contribution in [1.82, 2.24) is 4.90 Å². The molecule has 0 saturated carbocycles. The molecule has 3 amide bonds. The molecular weight excluding hydrogens is 570 g/mol. The molecule has 0 fully saturated rings. The van der Waals surface area contributed by atoms with Crippen LogP contribution in [0.25, 0.3) is 0 Å². The van der Waals surface area contributed by atoms with Gasteiger partial charge in [0.2, 0.25) is 0 Å². The Labute approximate surface area is 213 Å².